The number of benzene rings is 1. The molecule has 0 saturated carbocycles. The van der Waals surface area contributed by atoms with Gasteiger partial charge in [-0.1, -0.05) is 6.07 Å². The van der Waals surface area contributed by atoms with Gasteiger partial charge in [0.1, 0.15) is 0 Å². The second kappa shape index (κ2) is 4.95. The fourth-order valence-electron chi connectivity index (χ4n) is 1.72. The smallest absolute Gasteiger partial charge is 0.258 e. The van der Waals surface area contributed by atoms with Crippen molar-refractivity contribution in [2.45, 2.75) is 0 Å². The van der Waals surface area contributed by atoms with Crippen molar-refractivity contribution in [3.63, 3.8) is 0 Å². The summed E-state index contributed by atoms with van der Waals surface area (Å²) in [4.78, 5) is 46.7. The van der Waals surface area contributed by atoms with Crippen molar-refractivity contribution in [1.82, 2.24) is 0 Å². The number of rotatable bonds is 3. The van der Waals surface area contributed by atoms with Crippen LogP contribution in [0.3, 0.4) is 0 Å². The Balaban J connectivity index is 2.72. The second-order valence-electron chi connectivity index (χ2n) is 3.59. The first-order valence-electron chi connectivity index (χ1n) is 5.02. The first-order chi connectivity index (χ1) is 8.93. The third-order valence-corrected chi connectivity index (χ3v) is 2.90. The van der Waals surface area contributed by atoms with Crippen molar-refractivity contribution in [3.05, 3.63) is 41.5 Å². The molecule has 0 aromatic heterocycles. The number of halogens is 2. The topological polar surface area (TPSA) is 71.5 Å². The highest BCUT2D eigenvalue weighted by molar-refractivity contribution is 6.70. The molecule has 2 amide bonds. The molecule has 1 aromatic rings. The Bertz CT molecular complexity index is 601. The van der Waals surface area contributed by atoms with E-state index in [1.165, 1.54) is 18.2 Å². The van der Waals surface area contributed by atoms with Gasteiger partial charge in [0.2, 0.25) is 0 Å². The number of imide groups is 1. The van der Waals surface area contributed by atoms with Crippen molar-refractivity contribution in [1.29, 1.82) is 0 Å². The van der Waals surface area contributed by atoms with E-state index < -0.39 is 22.3 Å². The van der Waals surface area contributed by atoms with Gasteiger partial charge in [0.25, 0.3) is 22.3 Å². The van der Waals surface area contributed by atoms with Gasteiger partial charge in [-0.2, -0.15) is 0 Å². The molecule has 0 aliphatic carbocycles. The number of carbonyl (C=O) groups excluding carboxylic acids is 4. The summed E-state index contributed by atoms with van der Waals surface area (Å²) in [5.41, 5.74) is -0.473. The summed E-state index contributed by atoms with van der Waals surface area (Å²) in [6, 6.07) is 3.98. The van der Waals surface area contributed by atoms with E-state index in [2.05, 4.69) is 0 Å². The molecule has 1 aliphatic heterocycles. The van der Waals surface area contributed by atoms with Crippen molar-refractivity contribution in [2.24, 2.45) is 0 Å². The molecule has 0 bridgehead atoms. The molecular weight excluding hydrogens is 293 g/mol. The summed E-state index contributed by atoms with van der Waals surface area (Å²) in [6.45, 7) is 0. The van der Waals surface area contributed by atoms with Crippen LogP contribution < -0.4 is 4.90 Å². The van der Waals surface area contributed by atoms with Crippen LogP contribution in [0.4, 0.5) is 5.69 Å². The van der Waals surface area contributed by atoms with Crippen molar-refractivity contribution in [2.75, 3.05) is 4.90 Å². The lowest BCUT2D eigenvalue weighted by atomic mass is 10.1. The summed E-state index contributed by atoms with van der Waals surface area (Å²) in [5.74, 6) is -1.34. The minimum atomic E-state index is -0.901. The van der Waals surface area contributed by atoms with Crippen LogP contribution in [0.25, 0.3) is 0 Å². The molecule has 0 N–H and O–H groups in total. The molecule has 0 spiro atoms. The summed E-state index contributed by atoms with van der Waals surface area (Å²) < 4.78 is 0. The van der Waals surface area contributed by atoms with Gasteiger partial charge in [-0.3, -0.25) is 19.2 Å². The van der Waals surface area contributed by atoms with Crippen LogP contribution in [0.2, 0.25) is 0 Å². The first kappa shape index (κ1) is 13.5. The molecule has 19 heavy (non-hydrogen) atoms. The van der Waals surface area contributed by atoms with Gasteiger partial charge < -0.3 is 0 Å². The minimum absolute atomic E-state index is 0.140. The van der Waals surface area contributed by atoms with Gasteiger partial charge in [-0.05, 0) is 35.3 Å². The van der Waals surface area contributed by atoms with Crippen LogP contribution in [0.5, 0.6) is 0 Å². The molecule has 1 aliphatic rings. The number of para-hydroxylation sites is 1. The fourth-order valence-corrected chi connectivity index (χ4v) is 2.03. The highest BCUT2D eigenvalue weighted by Gasteiger charge is 2.32. The molecule has 96 valence electrons. The molecule has 0 fully saturated rings. The average molecular weight is 298 g/mol. The first-order valence-corrected chi connectivity index (χ1v) is 5.78. The maximum atomic E-state index is 11.6. The van der Waals surface area contributed by atoms with Gasteiger partial charge in [-0.25, -0.2) is 4.90 Å². The number of carbonyl (C=O) groups is 4. The van der Waals surface area contributed by atoms with Crippen LogP contribution in [0.15, 0.2) is 30.4 Å². The molecule has 0 atom stereocenters. The molecule has 1 aromatic carbocycles. The average Bonchev–Trinajstić information content (AvgIpc) is 2.67. The Morgan fingerprint density at radius 1 is 0.895 bits per heavy atom. The fraction of sp³-hybridized carbons (Fsp3) is 0. The Morgan fingerprint density at radius 3 is 1.68 bits per heavy atom. The Morgan fingerprint density at radius 2 is 1.32 bits per heavy atom. The third-order valence-electron chi connectivity index (χ3n) is 2.49. The monoisotopic (exact) mass is 297 g/mol. The lowest BCUT2D eigenvalue weighted by molar-refractivity contribution is -0.119. The van der Waals surface area contributed by atoms with Gasteiger partial charge in [0, 0.05) is 12.2 Å². The van der Waals surface area contributed by atoms with E-state index >= 15 is 0 Å². The lowest BCUT2D eigenvalue weighted by Gasteiger charge is -2.18. The Hall–Kier alpha value is -1.98. The molecular formula is C12H5Cl2NO4. The number of nitrogens with zero attached hydrogens (tertiary/aromatic N) is 1. The molecule has 5 nitrogen and oxygen atoms in total. The van der Waals surface area contributed by atoms with Gasteiger partial charge in [0.15, 0.2) is 0 Å². The zero-order valence-corrected chi connectivity index (χ0v) is 10.7. The SMILES string of the molecule is O=C(Cl)c1cccc(C(=O)Cl)c1N1C(=O)C=CC1=O. The number of anilines is 1. The molecule has 1 heterocycles. The zero-order chi connectivity index (χ0) is 14.2. The Kier molecular flexibility index (Phi) is 3.50. The van der Waals surface area contributed by atoms with Crippen LogP contribution >= 0.6 is 23.2 Å². The van der Waals surface area contributed by atoms with Crippen LogP contribution in [0.1, 0.15) is 20.7 Å². The lowest BCUT2D eigenvalue weighted by Crippen LogP contribution is -2.32. The van der Waals surface area contributed by atoms with Gasteiger partial charge >= 0.3 is 0 Å². The standard InChI is InChI=1S/C12H5Cl2NO4/c13-11(18)6-2-1-3-7(12(14)19)10(6)15-8(16)4-5-9(15)17/h1-5H. The molecule has 0 unspecified atom stereocenters. The number of hydrogen-bond donors (Lipinski definition) is 0. The van der Waals surface area contributed by atoms with Crippen molar-refractivity contribution in [3.8, 4) is 0 Å². The second-order valence-corrected chi connectivity index (χ2v) is 4.28. The summed E-state index contributed by atoms with van der Waals surface area (Å²) in [5, 5.41) is -1.80. The minimum Gasteiger partial charge on any atom is -0.276 e. The predicted molar refractivity (Wildman–Crippen MR) is 68.4 cm³/mol. The molecule has 2 rings (SSSR count). The third kappa shape index (κ3) is 2.30. The highest BCUT2D eigenvalue weighted by Crippen LogP contribution is 2.30. The maximum Gasteiger partial charge on any atom is 0.258 e. The number of hydrogen-bond acceptors (Lipinski definition) is 4. The normalized spacial score (nSPS) is 14.1. The quantitative estimate of drug-likeness (QED) is 0.631. The maximum absolute atomic E-state index is 11.6. The van der Waals surface area contributed by atoms with Crippen LogP contribution in [-0.4, -0.2) is 22.3 Å². The zero-order valence-electron chi connectivity index (χ0n) is 9.22. The molecule has 7 heteroatoms. The summed E-state index contributed by atoms with van der Waals surface area (Å²) >= 11 is 10.8. The van der Waals surface area contributed by atoms with Gasteiger partial charge in [-0.15, -0.1) is 0 Å². The van der Waals surface area contributed by atoms with E-state index in [0.29, 0.717) is 4.90 Å². The molecule has 0 radical (unpaired) electrons. The Labute approximate surface area is 117 Å². The van der Waals surface area contributed by atoms with E-state index in [9.17, 15) is 19.2 Å². The largest absolute Gasteiger partial charge is 0.276 e. The number of amides is 2. The van der Waals surface area contributed by atoms with E-state index in [-0.39, 0.29) is 16.8 Å². The van der Waals surface area contributed by atoms with E-state index in [1.807, 2.05) is 0 Å². The predicted octanol–water partition coefficient (Wildman–Crippen LogP) is 1.87. The molecule has 0 saturated heterocycles. The van der Waals surface area contributed by atoms with E-state index in [1.54, 1.807) is 0 Å². The van der Waals surface area contributed by atoms with E-state index in [4.69, 9.17) is 23.2 Å². The van der Waals surface area contributed by atoms with E-state index in [0.717, 1.165) is 12.2 Å². The van der Waals surface area contributed by atoms with Gasteiger partial charge in [0.05, 0.1) is 16.8 Å². The van der Waals surface area contributed by atoms with Crippen molar-refractivity contribution >= 4 is 51.2 Å². The summed E-state index contributed by atoms with van der Waals surface area (Å²) in [7, 11) is 0. The highest BCUT2D eigenvalue weighted by atomic mass is 35.5. The van der Waals surface area contributed by atoms with Crippen LogP contribution in [-0.2, 0) is 9.59 Å². The van der Waals surface area contributed by atoms with Crippen molar-refractivity contribution < 1.29 is 19.2 Å². The van der Waals surface area contributed by atoms with Crippen LogP contribution in [0, 0.1) is 0 Å². The summed E-state index contributed by atoms with van der Waals surface area (Å²) in [6.07, 6.45) is 2.06.